The van der Waals surface area contributed by atoms with E-state index in [1.807, 2.05) is 18.9 Å². The lowest BCUT2D eigenvalue weighted by Gasteiger charge is -2.10. The normalized spacial score (nSPS) is 11.3. The van der Waals surface area contributed by atoms with Crippen molar-refractivity contribution >= 4 is 38.0 Å². The molecule has 0 radical (unpaired) electrons. The maximum atomic E-state index is 11.9. The summed E-state index contributed by atoms with van der Waals surface area (Å²) in [6.45, 7) is 4.37. The summed E-state index contributed by atoms with van der Waals surface area (Å²) >= 11 is 1.19. The monoisotopic (exact) mass is 320 g/mol. The molecule has 0 aromatic carbocycles. The van der Waals surface area contributed by atoms with Crippen LogP contribution in [0, 0.1) is 0 Å². The molecule has 114 valence electrons. The minimum Gasteiger partial charge on any atom is -0.382 e. The molecule has 9 heteroatoms. The molecule has 0 fully saturated rings. The SMILES string of the molecule is CCN(C)c1nc(N)c(C(=O)NCCS(=O)(=O)CC)s1. The number of aromatic nitrogens is 1. The molecule has 7 nitrogen and oxygen atoms in total. The van der Waals surface area contributed by atoms with Crippen molar-refractivity contribution in [3.05, 3.63) is 4.88 Å². The number of rotatable bonds is 7. The highest BCUT2D eigenvalue weighted by Crippen LogP contribution is 2.27. The molecule has 0 aliphatic rings. The molecule has 0 saturated heterocycles. The van der Waals surface area contributed by atoms with Crippen LogP contribution in [0.2, 0.25) is 0 Å². The number of hydrogen-bond donors (Lipinski definition) is 2. The van der Waals surface area contributed by atoms with Crippen LogP contribution in [0.3, 0.4) is 0 Å². The first-order valence-electron chi connectivity index (χ1n) is 6.26. The van der Waals surface area contributed by atoms with E-state index in [-0.39, 0.29) is 29.8 Å². The molecule has 1 aromatic heterocycles. The second kappa shape index (κ2) is 6.89. The third-order valence-electron chi connectivity index (χ3n) is 2.79. The molecule has 0 unspecified atom stereocenters. The van der Waals surface area contributed by atoms with Crippen molar-refractivity contribution in [2.45, 2.75) is 13.8 Å². The quantitative estimate of drug-likeness (QED) is 0.751. The average Bonchev–Trinajstić information content (AvgIpc) is 2.79. The Bertz CT molecular complexity index is 568. The molecule has 3 N–H and O–H groups in total. The van der Waals surface area contributed by atoms with Gasteiger partial charge in [0, 0.05) is 25.9 Å². The Morgan fingerprint density at radius 2 is 2.10 bits per heavy atom. The van der Waals surface area contributed by atoms with Crippen LogP contribution >= 0.6 is 11.3 Å². The van der Waals surface area contributed by atoms with E-state index in [0.29, 0.717) is 10.0 Å². The van der Waals surface area contributed by atoms with Crippen molar-refractivity contribution in [3.8, 4) is 0 Å². The number of nitrogen functional groups attached to an aromatic ring is 1. The highest BCUT2D eigenvalue weighted by atomic mass is 32.2. The lowest BCUT2D eigenvalue weighted by molar-refractivity contribution is 0.0961. The van der Waals surface area contributed by atoms with Gasteiger partial charge in [-0.2, -0.15) is 0 Å². The number of hydrogen-bond acceptors (Lipinski definition) is 7. The van der Waals surface area contributed by atoms with E-state index >= 15 is 0 Å². The average molecular weight is 320 g/mol. The van der Waals surface area contributed by atoms with Crippen molar-refractivity contribution in [1.29, 1.82) is 0 Å². The van der Waals surface area contributed by atoms with E-state index in [9.17, 15) is 13.2 Å². The molecule has 1 amide bonds. The van der Waals surface area contributed by atoms with Crippen LogP contribution in [0.1, 0.15) is 23.5 Å². The fourth-order valence-electron chi connectivity index (χ4n) is 1.33. The van der Waals surface area contributed by atoms with Crippen LogP contribution in [0.5, 0.6) is 0 Å². The van der Waals surface area contributed by atoms with E-state index in [0.717, 1.165) is 6.54 Å². The number of amides is 1. The number of thiazole rings is 1. The van der Waals surface area contributed by atoms with E-state index in [1.165, 1.54) is 11.3 Å². The largest absolute Gasteiger partial charge is 0.382 e. The number of carbonyl (C=O) groups is 1. The van der Waals surface area contributed by atoms with Gasteiger partial charge in [0.05, 0.1) is 5.75 Å². The van der Waals surface area contributed by atoms with Gasteiger partial charge < -0.3 is 16.0 Å². The number of sulfone groups is 1. The third-order valence-corrected chi connectivity index (χ3v) is 5.68. The van der Waals surface area contributed by atoms with Gasteiger partial charge in [0.1, 0.15) is 10.7 Å². The second-order valence-corrected chi connectivity index (χ2v) is 7.67. The Labute approximate surface area is 123 Å². The molecule has 0 aliphatic carbocycles. The standard InChI is InChI=1S/C11H20N4O3S2/c1-4-15(3)11-14-9(12)8(19-11)10(16)13-6-7-20(17,18)5-2/h4-7,12H2,1-3H3,(H,13,16). The zero-order valence-corrected chi connectivity index (χ0v) is 13.5. The predicted molar refractivity (Wildman–Crippen MR) is 82.1 cm³/mol. The topological polar surface area (TPSA) is 105 Å². The molecule has 0 spiro atoms. The first-order chi connectivity index (χ1) is 9.30. The summed E-state index contributed by atoms with van der Waals surface area (Å²) in [6, 6.07) is 0. The summed E-state index contributed by atoms with van der Waals surface area (Å²) in [4.78, 5) is 18.2. The number of anilines is 2. The van der Waals surface area contributed by atoms with Crippen LogP contribution in [-0.2, 0) is 9.84 Å². The fourth-order valence-corrected chi connectivity index (χ4v) is 2.95. The van der Waals surface area contributed by atoms with Crippen LogP contribution < -0.4 is 16.0 Å². The fraction of sp³-hybridized carbons (Fsp3) is 0.636. The minimum atomic E-state index is -3.09. The molecular weight excluding hydrogens is 300 g/mol. The second-order valence-electron chi connectivity index (χ2n) is 4.22. The zero-order valence-electron chi connectivity index (χ0n) is 11.8. The van der Waals surface area contributed by atoms with Crippen LogP contribution in [-0.4, -0.2) is 51.0 Å². The molecule has 1 aromatic rings. The molecule has 0 aliphatic heterocycles. The summed E-state index contributed by atoms with van der Waals surface area (Å²) in [5, 5.41) is 3.22. The molecule has 0 saturated carbocycles. The first kappa shape index (κ1) is 16.7. The van der Waals surface area contributed by atoms with Crippen LogP contribution in [0.4, 0.5) is 10.9 Å². The summed E-state index contributed by atoms with van der Waals surface area (Å²) in [5.41, 5.74) is 5.71. The van der Waals surface area contributed by atoms with Gasteiger partial charge in [-0.3, -0.25) is 4.79 Å². The molecule has 1 heterocycles. The molecule has 1 rings (SSSR count). The Kier molecular flexibility index (Phi) is 5.75. The van der Waals surface area contributed by atoms with Crippen molar-refractivity contribution in [3.63, 3.8) is 0 Å². The number of nitrogens with zero attached hydrogens (tertiary/aromatic N) is 2. The van der Waals surface area contributed by atoms with Gasteiger partial charge in [0.25, 0.3) is 5.91 Å². The number of nitrogens with one attached hydrogen (secondary N) is 1. The summed E-state index contributed by atoms with van der Waals surface area (Å²) < 4.78 is 22.6. The van der Waals surface area contributed by atoms with Crippen LogP contribution in [0.15, 0.2) is 0 Å². The summed E-state index contributed by atoms with van der Waals surface area (Å²) in [5.74, 6) is -0.227. The van der Waals surface area contributed by atoms with Gasteiger partial charge >= 0.3 is 0 Å². The molecule has 0 atom stereocenters. The Morgan fingerprint density at radius 3 is 2.65 bits per heavy atom. The van der Waals surface area contributed by atoms with Gasteiger partial charge in [-0.15, -0.1) is 0 Å². The number of carbonyl (C=O) groups excluding carboxylic acids is 1. The molecular formula is C11H20N4O3S2. The molecule has 20 heavy (non-hydrogen) atoms. The maximum absolute atomic E-state index is 11.9. The smallest absolute Gasteiger partial charge is 0.265 e. The van der Waals surface area contributed by atoms with E-state index < -0.39 is 9.84 Å². The van der Waals surface area contributed by atoms with Crippen molar-refractivity contribution in [2.75, 3.05) is 42.3 Å². The van der Waals surface area contributed by atoms with E-state index in [4.69, 9.17) is 5.73 Å². The van der Waals surface area contributed by atoms with Crippen molar-refractivity contribution in [2.24, 2.45) is 0 Å². The Hall–Kier alpha value is -1.35. The van der Waals surface area contributed by atoms with Crippen molar-refractivity contribution in [1.82, 2.24) is 10.3 Å². The predicted octanol–water partition coefficient (Wildman–Crippen LogP) is 0.346. The zero-order chi connectivity index (χ0) is 15.3. The van der Waals surface area contributed by atoms with Gasteiger partial charge in [0.2, 0.25) is 0 Å². The summed E-state index contributed by atoms with van der Waals surface area (Å²) in [7, 11) is -1.23. The Balaban J connectivity index is 2.67. The van der Waals surface area contributed by atoms with Crippen molar-refractivity contribution < 1.29 is 13.2 Å². The van der Waals surface area contributed by atoms with E-state index in [2.05, 4.69) is 10.3 Å². The number of nitrogens with two attached hydrogens (primary N) is 1. The van der Waals surface area contributed by atoms with Gasteiger partial charge in [-0.25, -0.2) is 13.4 Å². The van der Waals surface area contributed by atoms with E-state index in [1.54, 1.807) is 6.92 Å². The highest BCUT2D eigenvalue weighted by molar-refractivity contribution is 7.91. The van der Waals surface area contributed by atoms with Gasteiger partial charge in [-0.05, 0) is 6.92 Å². The molecule has 0 bridgehead atoms. The van der Waals surface area contributed by atoms with Crippen LogP contribution in [0.25, 0.3) is 0 Å². The lowest BCUT2D eigenvalue weighted by atomic mass is 10.4. The third kappa shape index (κ3) is 4.34. The summed E-state index contributed by atoms with van der Waals surface area (Å²) in [6.07, 6.45) is 0. The van der Waals surface area contributed by atoms with Gasteiger partial charge in [-0.1, -0.05) is 18.3 Å². The van der Waals surface area contributed by atoms with Gasteiger partial charge in [0.15, 0.2) is 15.0 Å². The first-order valence-corrected chi connectivity index (χ1v) is 8.90. The lowest BCUT2D eigenvalue weighted by Crippen LogP contribution is -2.29. The Morgan fingerprint density at radius 1 is 1.45 bits per heavy atom. The maximum Gasteiger partial charge on any atom is 0.265 e. The highest BCUT2D eigenvalue weighted by Gasteiger charge is 2.18. The minimum absolute atomic E-state index is 0.0665.